The molecule has 0 fully saturated rings. The molecule has 0 heterocycles. The minimum atomic E-state index is -0.792. The van der Waals surface area contributed by atoms with Gasteiger partial charge in [0.2, 0.25) is 0 Å². The van der Waals surface area contributed by atoms with E-state index < -0.39 is 7.26 Å². The van der Waals surface area contributed by atoms with Crippen LogP contribution in [-0.4, -0.2) is 75.7 Å². The zero-order valence-corrected chi connectivity index (χ0v) is 22.5. The minimum Gasteiger partial charge on any atom is -0.309 e. The highest BCUT2D eigenvalue weighted by atomic mass is 31.2. The van der Waals surface area contributed by atoms with Crippen LogP contribution in [0.1, 0.15) is 97.8 Å². The Balaban J connectivity index is 4.41. The zero-order valence-electron chi connectivity index (χ0n) is 21.6. The minimum absolute atomic E-state index is 0.792. The average Bonchev–Trinajstić information content (AvgIpc) is 2.62. The van der Waals surface area contributed by atoms with E-state index in [4.69, 9.17) is 0 Å². The summed E-state index contributed by atoms with van der Waals surface area (Å²) in [5, 5.41) is 0. The smallest absolute Gasteiger partial charge is 0.0617 e. The van der Waals surface area contributed by atoms with Crippen LogP contribution in [0.5, 0.6) is 0 Å². The third-order valence-corrected chi connectivity index (χ3v) is 11.5. The molecule has 2 nitrogen and oxygen atoms in total. The molecule has 0 radical (unpaired) electrons. The van der Waals surface area contributed by atoms with Crippen molar-refractivity contribution in [3.05, 3.63) is 0 Å². The standard InChI is InChI=1S/C26H58N2P/c1-8-9-10-11-12-13-14-15-16-17-22-29(25-26(2)3,23-18-20-27(4)5)24-19-21-28(6)7/h26H,8-25H2,1-7H3/q+1. The first-order valence-electron chi connectivity index (χ1n) is 13.0. The number of hydrogen-bond donors (Lipinski definition) is 0. The third kappa shape index (κ3) is 18.8. The third-order valence-electron chi connectivity index (χ3n) is 6.21. The van der Waals surface area contributed by atoms with Gasteiger partial charge in [-0.25, -0.2) is 0 Å². The van der Waals surface area contributed by atoms with Gasteiger partial charge in [-0.1, -0.05) is 72.1 Å². The lowest BCUT2D eigenvalue weighted by Gasteiger charge is -2.30. The summed E-state index contributed by atoms with van der Waals surface area (Å²) in [4.78, 5) is 4.76. The molecule has 0 unspecified atom stereocenters. The Bertz CT molecular complexity index is 328. The number of nitrogens with zero attached hydrogens (tertiary/aromatic N) is 2. The van der Waals surface area contributed by atoms with Gasteiger partial charge in [0.1, 0.15) is 0 Å². The van der Waals surface area contributed by atoms with E-state index in [2.05, 4.69) is 58.8 Å². The van der Waals surface area contributed by atoms with E-state index in [1.807, 2.05) is 0 Å². The second-order valence-corrected chi connectivity index (χ2v) is 15.0. The molecule has 0 aromatic heterocycles. The molecule has 0 aromatic carbocycles. The molecular formula is C26H58N2P+. The van der Waals surface area contributed by atoms with Crippen molar-refractivity contribution in [3.8, 4) is 0 Å². The van der Waals surface area contributed by atoms with Crippen molar-refractivity contribution in [1.29, 1.82) is 0 Å². The van der Waals surface area contributed by atoms with Gasteiger partial charge in [-0.05, 0) is 59.8 Å². The fourth-order valence-electron chi connectivity index (χ4n) is 4.76. The van der Waals surface area contributed by atoms with E-state index in [-0.39, 0.29) is 0 Å². The predicted octanol–water partition coefficient (Wildman–Crippen LogP) is 7.48. The van der Waals surface area contributed by atoms with Gasteiger partial charge >= 0.3 is 0 Å². The summed E-state index contributed by atoms with van der Waals surface area (Å²) in [5.41, 5.74) is 0. The SMILES string of the molecule is CCCCCCCCCCCC[P+](CCCN(C)C)(CCCN(C)C)CC(C)C. The lowest BCUT2D eigenvalue weighted by molar-refractivity contribution is 0.406. The molecule has 0 aliphatic carbocycles. The van der Waals surface area contributed by atoms with Gasteiger partial charge in [0, 0.05) is 20.4 Å². The molecular weight excluding hydrogens is 371 g/mol. The van der Waals surface area contributed by atoms with Gasteiger partial charge < -0.3 is 9.80 Å². The van der Waals surface area contributed by atoms with Crippen molar-refractivity contribution in [1.82, 2.24) is 9.80 Å². The fourth-order valence-corrected chi connectivity index (χ4v) is 10.0. The average molecular weight is 430 g/mol. The van der Waals surface area contributed by atoms with Crippen LogP contribution >= 0.6 is 7.26 Å². The first-order chi connectivity index (χ1) is 13.8. The van der Waals surface area contributed by atoms with Crippen LogP contribution in [-0.2, 0) is 0 Å². The molecule has 0 bridgehead atoms. The number of rotatable bonds is 21. The second kappa shape index (κ2) is 19.1. The highest BCUT2D eigenvalue weighted by molar-refractivity contribution is 7.75. The summed E-state index contributed by atoms with van der Waals surface area (Å²) in [6.45, 7) is 9.77. The molecule has 0 rings (SSSR count). The van der Waals surface area contributed by atoms with E-state index in [1.54, 1.807) is 6.16 Å². The normalized spacial score (nSPS) is 12.6. The van der Waals surface area contributed by atoms with Crippen molar-refractivity contribution in [2.24, 2.45) is 5.92 Å². The molecule has 0 aromatic rings. The van der Waals surface area contributed by atoms with Crippen LogP contribution in [0.3, 0.4) is 0 Å². The zero-order chi connectivity index (χ0) is 22.0. The summed E-state index contributed by atoms with van der Waals surface area (Å²) in [7, 11) is 8.14. The molecule has 29 heavy (non-hydrogen) atoms. The highest BCUT2D eigenvalue weighted by Gasteiger charge is 2.36. The molecule has 0 atom stereocenters. The van der Waals surface area contributed by atoms with Gasteiger partial charge in [-0.2, -0.15) is 0 Å². The van der Waals surface area contributed by atoms with E-state index in [0.717, 1.165) is 5.92 Å². The second-order valence-electron chi connectivity index (χ2n) is 10.6. The molecule has 3 heteroatoms. The lowest BCUT2D eigenvalue weighted by Crippen LogP contribution is -2.22. The Morgan fingerprint density at radius 3 is 1.31 bits per heavy atom. The molecule has 0 saturated heterocycles. The largest absolute Gasteiger partial charge is 0.309 e. The molecule has 0 aliphatic rings. The highest BCUT2D eigenvalue weighted by Crippen LogP contribution is 2.61. The Kier molecular flexibility index (Phi) is 19.3. The van der Waals surface area contributed by atoms with Gasteiger partial charge in [-0.15, -0.1) is 0 Å². The van der Waals surface area contributed by atoms with Crippen LogP contribution in [0, 0.1) is 5.92 Å². The van der Waals surface area contributed by atoms with Gasteiger partial charge in [0.05, 0.1) is 24.6 Å². The van der Waals surface area contributed by atoms with Gasteiger partial charge in [-0.3, -0.25) is 0 Å². The van der Waals surface area contributed by atoms with Crippen molar-refractivity contribution >= 4 is 7.26 Å². The maximum absolute atomic E-state index is 2.46. The van der Waals surface area contributed by atoms with Crippen molar-refractivity contribution < 1.29 is 0 Å². The number of unbranched alkanes of at least 4 members (excludes halogenated alkanes) is 9. The lowest BCUT2D eigenvalue weighted by atomic mass is 10.1. The molecule has 0 aliphatic heterocycles. The van der Waals surface area contributed by atoms with E-state index in [9.17, 15) is 0 Å². The Morgan fingerprint density at radius 1 is 0.552 bits per heavy atom. The summed E-state index contributed by atoms with van der Waals surface area (Å²) in [6, 6.07) is 0. The monoisotopic (exact) mass is 429 g/mol. The van der Waals surface area contributed by atoms with Crippen LogP contribution in [0.4, 0.5) is 0 Å². The maximum Gasteiger partial charge on any atom is 0.0617 e. The first-order valence-corrected chi connectivity index (χ1v) is 15.5. The van der Waals surface area contributed by atoms with Crippen molar-refractivity contribution in [3.63, 3.8) is 0 Å². The van der Waals surface area contributed by atoms with E-state index in [0.29, 0.717) is 0 Å². The topological polar surface area (TPSA) is 6.48 Å². The van der Waals surface area contributed by atoms with Crippen LogP contribution < -0.4 is 0 Å². The quantitative estimate of drug-likeness (QED) is 0.138. The van der Waals surface area contributed by atoms with Crippen LogP contribution in [0.2, 0.25) is 0 Å². The summed E-state index contributed by atoms with van der Waals surface area (Å²) in [6.07, 6.45) is 23.6. The summed E-state index contributed by atoms with van der Waals surface area (Å²) < 4.78 is 0. The van der Waals surface area contributed by atoms with Crippen LogP contribution in [0.15, 0.2) is 0 Å². The molecule has 0 amide bonds. The summed E-state index contributed by atoms with van der Waals surface area (Å²) in [5.74, 6) is 0.866. The molecule has 0 saturated carbocycles. The van der Waals surface area contributed by atoms with Gasteiger partial charge in [0.15, 0.2) is 0 Å². The Hall–Kier alpha value is 0.350. The van der Waals surface area contributed by atoms with Crippen molar-refractivity contribution in [2.75, 3.05) is 65.9 Å². The van der Waals surface area contributed by atoms with Crippen molar-refractivity contribution in [2.45, 2.75) is 97.8 Å². The molecule has 176 valence electrons. The predicted molar refractivity (Wildman–Crippen MR) is 139 cm³/mol. The maximum atomic E-state index is 2.46. The number of hydrogen-bond acceptors (Lipinski definition) is 2. The fraction of sp³-hybridized carbons (Fsp3) is 1.00. The van der Waals surface area contributed by atoms with Gasteiger partial charge in [0.25, 0.3) is 0 Å². The Morgan fingerprint density at radius 2 is 0.931 bits per heavy atom. The van der Waals surface area contributed by atoms with E-state index in [1.165, 1.54) is 109 Å². The Labute approximate surface area is 186 Å². The molecule has 0 spiro atoms. The summed E-state index contributed by atoms with van der Waals surface area (Å²) >= 11 is 0. The van der Waals surface area contributed by atoms with E-state index >= 15 is 0 Å². The van der Waals surface area contributed by atoms with Crippen LogP contribution in [0.25, 0.3) is 0 Å². The molecule has 0 N–H and O–H groups in total. The first kappa shape index (κ1) is 29.4.